The normalized spacial score (nSPS) is 18.8. The minimum absolute atomic E-state index is 0.0996. The van der Waals surface area contributed by atoms with E-state index in [9.17, 15) is 8.42 Å². The van der Waals surface area contributed by atoms with Crippen molar-refractivity contribution in [3.8, 4) is 11.1 Å². The average molecular weight is 492 g/mol. The number of rotatable bonds is 7. The van der Waals surface area contributed by atoms with Crippen molar-refractivity contribution < 1.29 is 8.42 Å². The van der Waals surface area contributed by atoms with Gasteiger partial charge in [0, 0.05) is 30.0 Å². The van der Waals surface area contributed by atoms with Crippen LogP contribution in [0.1, 0.15) is 42.4 Å². The highest BCUT2D eigenvalue weighted by Gasteiger charge is 2.22. The molecule has 35 heavy (non-hydrogen) atoms. The van der Waals surface area contributed by atoms with Gasteiger partial charge in [0.25, 0.3) is 0 Å². The quantitative estimate of drug-likeness (QED) is 0.503. The number of anilines is 1. The van der Waals surface area contributed by atoms with E-state index in [4.69, 9.17) is 5.14 Å². The van der Waals surface area contributed by atoms with Crippen molar-refractivity contribution in [1.29, 1.82) is 0 Å². The molecule has 2 aromatic carbocycles. The first-order chi connectivity index (χ1) is 16.7. The van der Waals surface area contributed by atoms with Gasteiger partial charge in [-0.25, -0.2) is 23.5 Å². The van der Waals surface area contributed by atoms with Gasteiger partial charge in [0.15, 0.2) is 0 Å². The lowest BCUT2D eigenvalue weighted by atomic mass is 9.91. The average Bonchev–Trinajstić information content (AvgIpc) is 2.84. The van der Waals surface area contributed by atoms with E-state index in [1.807, 2.05) is 36.7 Å². The molecule has 0 amide bonds. The van der Waals surface area contributed by atoms with Crippen LogP contribution in [-0.4, -0.2) is 49.5 Å². The summed E-state index contributed by atoms with van der Waals surface area (Å²) in [5.74, 6) is 0.668. The Bertz CT molecular complexity index is 1280. The zero-order chi connectivity index (χ0) is 25.0. The van der Waals surface area contributed by atoms with E-state index in [-0.39, 0.29) is 4.90 Å². The first-order valence-electron chi connectivity index (χ1n) is 11.9. The van der Waals surface area contributed by atoms with Crippen molar-refractivity contribution in [2.45, 2.75) is 49.6 Å². The minimum atomic E-state index is -3.72. The highest BCUT2D eigenvalue weighted by molar-refractivity contribution is 7.89. The molecule has 1 aromatic heterocycles. The van der Waals surface area contributed by atoms with Gasteiger partial charge in [0.1, 0.15) is 0 Å². The smallest absolute Gasteiger partial charge is 0.238 e. The van der Waals surface area contributed by atoms with E-state index in [1.165, 1.54) is 25.0 Å². The minimum Gasteiger partial charge on any atom is -0.351 e. The first-order valence-corrected chi connectivity index (χ1v) is 13.4. The number of nitrogens with one attached hydrogen (secondary N) is 1. The third-order valence-electron chi connectivity index (χ3n) is 6.69. The first kappa shape index (κ1) is 25.0. The summed E-state index contributed by atoms with van der Waals surface area (Å²) in [5.41, 5.74) is 5.00. The zero-order valence-corrected chi connectivity index (χ0v) is 21.3. The highest BCUT2D eigenvalue weighted by atomic mass is 32.2. The van der Waals surface area contributed by atoms with Crippen molar-refractivity contribution >= 4 is 28.1 Å². The van der Waals surface area contributed by atoms with Crippen LogP contribution in [0.2, 0.25) is 0 Å². The van der Waals surface area contributed by atoms with Crippen LogP contribution in [-0.2, 0) is 10.0 Å². The fourth-order valence-corrected chi connectivity index (χ4v) is 5.09. The Balaban J connectivity index is 1.47. The lowest BCUT2D eigenvalue weighted by Crippen LogP contribution is -2.36. The van der Waals surface area contributed by atoms with Crippen LogP contribution >= 0.6 is 0 Å². The van der Waals surface area contributed by atoms with E-state index >= 15 is 0 Å². The molecule has 0 radical (unpaired) electrons. The second-order valence-electron chi connectivity index (χ2n) is 9.39. The van der Waals surface area contributed by atoms with Gasteiger partial charge < -0.3 is 10.2 Å². The molecular formula is C27H33N5O2S. The van der Waals surface area contributed by atoms with Crippen molar-refractivity contribution in [1.82, 2.24) is 14.9 Å². The third-order valence-corrected chi connectivity index (χ3v) is 7.62. The number of sulfonamides is 1. The fourth-order valence-electron chi connectivity index (χ4n) is 4.58. The van der Waals surface area contributed by atoms with Crippen molar-refractivity contribution in [3.05, 3.63) is 71.5 Å². The van der Waals surface area contributed by atoms with E-state index in [2.05, 4.69) is 47.3 Å². The van der Waals surface area contributed by atoms with Crippen molar-refractivity contribution in [3.63, 3.8) is 0 Å². The summed E-state index contributed by atoms with van der Waals surface area (Å²) < 4.78 is 23.2. The summed E-state index contributed by atoms with van der Waals surface area (Å²) in [5, 5.41) is 8.71. The monoisotopic (exact) mass is 491 g/mol. The highest BCUT2D eigenvalue weighted by Crippen LogP contribution is 2.29. The maximum Gasteiger partial charge on any atom is 0.238 e. The molecule has 1 aliphatic carbocycles. The Labute approximate surface area is 208 Å². The number of hydrogen-bond donors (Lipinski definition) is 2. The van der Waals surface area contributed by atoms with Crippen LogP contribution in [0.5, 0.6) is 0 Å². The number of primary sulfonamides is 1. The van der Waals surface area contributed by atoms with Crippen LogP contribution in [0.4, 0.5) is 5.95 Å². The van der Waals surface area contributed by atoms with Gasteiger partial charge in [0.2, 0.25) is 16.0 Å². The Kier molecular flexibility index (Phi) is 7.64. The molecule has 1 heterocycles. The predicted octanol–water partition coefficient (Wildman–Crippen LogP) is 4.55. The van der Waals surface area contributed by atoms with Gasteiger partial charge in [-0.05, 0) is 81.1 Å². The van der Waals surface area contributed by atoms with E-state index in [0.29, 0.717) is 18.0 Å². The Hall–Kier alpha value is -3.07. The number of nitrogens with two attached hydrogens (primary N) is 1. The number of aromatic nitrogens is 2. The molecule has 1 saturated carbocycles. The molecule has 1 fully saturated rings. The van der Waals surface area contributed by atoms with Gasteiger partial charge in [-0.3, -0.25) is 0 Å². The second-order valence-corrected chi connectivity index (χ2v) is 11.0. The molecule has 0 spiro atoms. The largest absolute Gasteiger partial charge is 0.351 e. The lowest BCUT2D eigenvalue weighted by Gasteiger charge is -2.32. The Morgan fingerprint density at radius 1 is 0.971 bits per heavy atom. The Morgan fingerprint density at radius 2 is 1.63 bits per heavy atom. The topological polar surface area (TPSA) is 101 Å². The fraction of sp³-hybridized carbons (Fsp3) is 0.333. The number of aryl methyl sites for hydroxylation is 1. The van der Waals surface area contributed by atoms with Crippen LogP contribution in [0.25, 0.3) is 23.3 Å². The summed E-state index contributed by atoms with van der Waals surface area (Å²) >= 11 is 0. The molecule has 0 saturated heterocycles. The number of nitrogens with zero attached hydrogens (tertiary/aromatic N) is 3. The standard InChI is InChI=1S/C27H33N5O2S/c1-19-5-4-6-26(21-8-14-24(15-9-21)35(28,33)34)25(19)16-7-20-17-29-27(30-18-20)31-22-10-12-23(13-11-22)32(2)3/h4-9,14-18,22-23H,10-13H2,1-3H3,(H2,28,33,34)(H,29,30,31)/b16-7+. The van der Waals surface area contributed by atoms with Gasteiger partial charge >= 0.3 is 0 Å². The molecule has 0 atom stereocenters. The predicted molar refractivity (Wildman–Crippen MR) is 142 cm³/mol. The maximum atomic E-state index is 11.6. The molecule has 184 valence electrons. The number of benzene rings is 2. The van der Waals surface area contributed by atoms with E-state index in [1.54, 1.807) is 12.1 Å². The van der Waals surface area contributed by atoms with Crippen molar-refractivity contribution in [2.75, 3.05) is 19.4 Å². The summed E-state index contributed by atoms with van der Waals surface area (Å²) in [6.45, 7) is 2.05. The Morgan fingerprint density at radius 3 is 2.23 bits per heavy atom. The molecule has 1 aliphatic rings. The van der Waals surface area contributed by atoms with E-state index < -0.39 is 10.0 Å². The van der Waals surface area contributed by atoms with Gasteiger partial charge in [-0.1, -0.05) is 42.5 Å². The molecule has 3 aromatic rings. The molecule has 8 heteroatoms. The summed E-state index contributed by atoms with van der Waals surface area (Å²) in [7, 11) is 0.581. The van der Waals surface area contributed by atoms with Gasteiger partial charge in [-0.2, -0.15) is 0 Å². The maximum absolute atomic E-state index is 11.6. The summed E-state index contributed by atoms with van der Waals surface area (Å²) in [4.78, 5) is 11.5. The van der Waals surface area contributed by atoms with Crippen LogP contribution in [0.15, 0.2) is 59.8 Å². The number of hydrogen-bond acceptors (Lipinski definition) is 6. The molecule has 3 N–H and O–H groups in total. The van der Waals surface area contributed by atoms with Crippen molar-refractivity contribution in [2.24, 2.45) is 5.14 Å². The molecular weight excluding hydrogens is 458 g/mol. The zero-order valence-electron chi connectivity index (χ0n) is 20.5. The second kappa shape index (κ2) is 10.7. The SMILES string of the molecule is Cc1cccc(-c2ccc(S(N)(=O)=O)cc2)c1/C=C/c1cnc(NC2CCC(N(C)C)CC2)nc1. The molecule has 0 aliphatic heterocycles. The van der Waals surface area contributed by atoms with Gasteiger partial charge in [0.05, 0.1) is 4.90 Å². The molecule has 0 unspecified atom stereocenters. The summed E-state index contributed by atoms with van der Waals surface area (Å²) in [6, 6.07) is 13.8. The summed E-state index contributed by atoms with van der Waals surface area (Å²) in [6.07, 6.45) is 12.3. The molecule has 0 bridgehead atoms. The molecule has 4 rings (SSSR count). The van der Waals surface area contributed by atoms with Crippen LogP contribution in [0, 0.1) is 6.92 Å². The lowest BCUT2D eigenvalue weighted by molar-refractivity contribution is 0.221. The van der Waals surface area contributed by atoms with Crippen LogP contribution < -0.4 is 10.5 Å². The van der Waals surface area contributed by atoms with Crippen LogP contribution in [0.3, 0.4) is 0 Å². The molecule has 7 nitrogen and oxygen atoms in total. The van der Waals surface area contributed by atoms with Gasteiger partial charge in [-0.15, -0.1) is 0 Å². The third kappa shape index (κ3) is 6.33. The van der Waals surface area contributed by atoms with E-state index in [0.717, 1.165) is 40.7 Å².